The predicted molar refractivity (Wildman–Crippen MR) is 126 cm³/mol. The van der Waals surface area contributed by atoms with Gasteiger partial charge in [0.15, 0.2) is 0 Å². The molecule has 1 aliphatic carbocycles. The van der Waals surface area contributed by atoms with Gasteiger partial charge in [0.25, 0.3) is 0 Å². The van der Waals surface area contributed by atoms with Crippen molar-refractivity contribution in [1.82, 2.24) is 0 Å². The fourth-order valence-corrected chi connectivity index (χ4v) is 4.81. The van der Waals surface area contributed by atoms with E-state index in [2.05, 4.69) is 23.5 Å². The molecule has 3 aromatic carbocycles. The van der Waals surface area contributed by atoms with Crippen molar-refractivity contribution in [3.8, 4) is 16.9 Å². The SMILES string of the molecule is COc1c(CCC(=O)O)ccc(C2CCCC2)c1-c1ccc2cc(NC(N)=O)ccc2c1. The summed E-state index contributed by atoms with van der Waals surface area (Å²) in [4.78, 5) is 22.3. The number of anilines is 1. The van der Waals surface area contributed by atoms with E-state index in [-0.39, 0.29) is 6.42 Å². The van der Waals surface area contributed by atoms with Gasteiger partial charge in [-0.3, -0.25) is 4.79 Å². The second-order valence-electron chi connectivity index (χ2n) is 8.36. The Labute approximate surface area is 187 Å². The molecule has 4 rings (SSSR count). The molecule has 0 bridgehead atoms. The third kappa shape index (κ3) is 4.54. The van der Waals surface area contributed by atoms with Crippen LogP contribution in [-0.4, -0.2) is 24.2 Å². The van der Waals surface area contributed by atoms with E-state index >= 15 is 0 Å². The van der Waals surface area contributed by atoms with Gasteiger partial charge in [0.1, 0.15) is 5.75 Å². The van der Waals surface area contributed by atoms with Crippen LogP contribution in [0.4, 0.5) is 10.5 Å². The Morgan fingerprint density at radius 3 is 2.47 bits per heavy atom. The zero-order valence-corrected chi connectivity index (χ0v) is 18.2. The van der Waals surface area contributed by atoms with Crippen molar-refractivity contribution in [2.75, 3.05) is 12.4 Å². The number of carbonyl (C=O) groups excluding carboxylic acids is 1. The average Bonchev–Trinajstić information content (AvgIpc) is 3.31. The highest BCUT2D eigenvalue weighted by atomic mass is 16.5. The lowest BCUT2D eigenvalue weighted by molar-refractivity contribution is -0.136. The standard InChI is InChI=1S/C26H28N2O4/c1-32-25-17(10-13-23(29)30)9-12-22(16-4-2-3-5-16)24(25)20-7-6-19-15-21(28-26(27)31)11-8-18(19)14-20/h6-9,11-12,14-16H,2-5,10,13H2,1H3,(H,29,30)(H3,27,28,31). The Balaban J connectivity index is 1.83. The lowest BCUT2D eigenvalue weighted by Gasteiger charge is -2.22. The summed E-state index contributed by atoms with van der Waals surface area (Å²) in [6, 6.07) is 15.5. The van der Waals surface area contributed by atoms with E-state index in [4.69, 9.17) is 10.5 Å². The number of urea groups is 1. The van der Waals surface area contributed by atoms with Crippen molar-refractivity contribution >= 4 is 28.5 Å². The number of carboxylic acid groups (broad SMARTS) is 1. The van der Waals surface area contributed by atoms with Crippen LogP contribution in [0.1, 0.15) is 49.1 Å². The number of primary amides is 1. The van der Waals surface area contributed by atoms with Gasteiger partial charge in [-0.15, -0.1) is 0 Å². The number of hydrogen-bond donors (Lipinski definition) is 3. The number of carbonyl (C=O) groups is 2. The van der Waals surface area contributed by atoms with Crippen molar-refractivity contribution in [3.63, 3.8) is 0 Å². The van der Waals surface area contributed by atoms with Gasteiger partial charge < -0.3 is 20.9 Å². The van der Waals surface area contributed by atoms with Crippen LogP contribution in [-0.2, 0) is 11.2 Å². The number of benzene rings is 3. The number of nitrogens with one attached hydrogen (secondary N) is 1. The van der Waals surface area contributed by atoms with Crippen molar-refractivity contribution in [2.24, 2.45) is 5.73 Å². The molecule has 0 atom stereocenters. The molecule has 0 aromatic heterocycles. The minimum atomic E-state index is -0.820. The number of aliphatic carboxylic acids is 1. The van der Waals surface area contributed by atoms with Gasteiger partial charge in [-0.1, -0.05) is 43.2 Å². The van der Waals surface area contributed by atoms with Gasteiger partial charge in [0.2, 0.25) is 0 Å². The molecule has 0 radical (unpaired) electrons. The highest BCUT2D eigenvalue weighted by Gasteiger charge is 2.24. The van der Waals surface area contributed by atoms with Gasteiger partial charge in [-0.05, 0) is 70.8 Å². The second kappa shape index (κ2) is 9.30. The van der Waals surface area contributed by atoms with Crippen LogP contribution in [0.25, 0.3) is 21.9 Å². The summed E-state index contributed by atoms with van der Waals surface area (Å²) < 4.78 is 5.88. The highest BCUT2D eigenvalue weighted by Crippen LogP contribution is 2.45. The Morgan fingerprint density at radius 2 is 1.78 bits per heavy atom. The number of hydrogen-bond acceptors (Lipinski definition) is 3. The van der Waals surface area contributed by atoms with E-state index in [0.717, 1.165) is 46.1 Å². The van der Waals surface area contributed by atoms with Crippen molar-refractivity contribution < 1.29 is 19.4 Å². The first-order valence-electron chi connectivity index (χ1n) is 11.0. The number of rotatable bonds is 7. The molecular formula is C26H28N2O4. The third-order valence-corrected chi connectivity index (χ3v) is 6.28. The molecule has 2 amide bonds. The van der Waals surface area contributed by atoms with Crippen LogP contribution < -0.4 is 15.8 Å². The van der Waals surface area contributed by atoms with Gasteiger partial charge in [-0.2, -0.15) is 0 Å². The third-order valence-electron chi connectivity index (χ3n) is 6.28. The zero-order valence-electron chi connectivity index (χ0n) is 18.2. The molecule has 3 aromatic rings. The van der Waals surface area contributed by atoms with Gasteiger partial charge >= 0.3 is 12.0 Å². The number of carboxylic acids is 1. The van der Waals surface area contributed by atoms with E-state index in [0.29, 0.717) is 18.0 Å². The second-order valence-corrected chi connectivity index (χ2v) is 8.36. The van der Waals surface area contributed by atoms with E-state index in [1.807, 2.05) is 30.3 Å². The smallest absolute Gasteiger partial charge is 0.316 e. The summed E-state index contributed by atoms with van der Waals surface area (Å²) >= 11 is 0. The quantitative estimate of drug-likeness (QED) is 0.447. The first kappa shape index (κ1) is 21.7. The first-order valence-corrected chi connectivity index (χ1v) is 11.0. The molecule has 32 heavy (non-hydrogen) atoms. The van der Waals surface area contributed by atoms with Gasteiger partial charge in [0.05, 0.1) is 7.11 Å². The molecule has 0 spiro atoms. The largest absolute Gasteiger partial charge is 0.496 e. The van der Waals surface area contributed by atoms with Gasteiger partial charge in [-0.25, -0.2) is 4.79 Å². The topological polar surface area (TPSA) is 102 Å². The molecule has 0 unspecified atom stereocenters. The minimum Gasteiger partial charge on any atom is -0.496 e. The lowest BCUT2D eigenvalue weighted by atomic mass is 9.86. The number of aryl methyl sites for hydroxylation is 1. The van der Waals surface area contributed by atoms with Crippen LogP contribution in [0.5, 0.6) is 5.75 Å². The van der Waals surface area contributed by atoms with Crippen LogP contribution in [0.15, 0.2) is 48.5 Å². The van der Waals surface area contributed by atoms with Crippen LogP contribution in [0.2, 0.25) is 0 Å². The minimum absolute atomic E-state index is 0.0614. The summed E-state index contributed by atoms with van der Waals surface area (Å²) in [5.74, 6) is 0.423. The molecule has 0 aliphatic heterocycles. The number of nitrogens with two attached hydrogens (primary N) is 1. The first-order chi connectivity index (χ1) is 15.5. The maximum atomic E-state index is 11.2. The van der Waals surface area contributed by atoms with Crippen LogP contribution in [0.3, 0.4) is 0 Å². The van der Waals surface area contributed by atoms with E-state index in [9.17, 15) is 14.7 Å². The molecule has 1 saturated carbocycles. The molecule has 166 valence electrons. The van der Waals surface area contributed by atoms with Crippen LogP contribution in [0, 0.1) is 0 Å². The van der Waals surface area contributed by atoms with Crippen molar-refractivity contribution in [3.05, 3.63) is 59.7 Å². The molecule has 6 nitrogen and oxygen atoms in total. The Morgan fingerprint density at radius 1 is 1.06 bits per heavy atom. The fourth-order valence-electron chi connectivity index (χ4n) is 4.81. The Hall–Kier alpha value is -3.54. The van der Waals surface area contributed by atoms with E-state index in [1.165, 1.54) is 18.4 Å². The Kier molecular flexibility index (Phi) is 6.30. The van der Waals surface area contributed by atoms with E-state index < -0.39 is 12.0 Å². The summed E-state index contributed by atoms with van der Waals surface area (Å²) in [6.07, 6.45) is 5.24. The molecule has 1 fully saturated rings. The van der Waals surface area contributed by atoms with E-state index in [1.54, 1.807) is 7.11 Å². The maximum absolute atomic E-state index is 11.2. The average molecular weight is 433 g/mol. The summed E-state index contributed by atoms with van der Waals surface area (Å²) in [5, 5.41) is 13.8. The molecule has 0 heterocycles. The number of ether oxygens (including phenoxy) is 1. The molecule has 1 aliphatic rings. The number of amides is 2. The molecule has 4 N–H and O–H groups in total. The van der Waals surface area contributed by atoms with Crippen LogP contribution >= 0.6 is 0 Å². The predicted octanol–water partition coefficient (Wildman–Crippen LogP) is 5.68. The summed E-state index contributed by atoms with van der Waals surface area (Å²) in [7, 11) is 1.66. The van der Waals surface area contributed by atoms with Crippen molar-refractivity contribution in [1.29, 1.82) is 0 Å². The lowest BCUT2D eigenvalue weighted by Crippen LogP contribution is -2.19. The normalized spacial score (nSPS) is 13.9. The maximum Gasteiger partial charge on any atom is 0.316 e. The summed E-state index contributed by atoms with van der Waals surface area (Å²) in [6.45, 7) is 0. The van der Waals surface area contributed by atoms with Crippen molar-refractivity contribution in [2.45, 2.75) is 44.4 Å². The monoisotopic (exact) mass is 432 g/mol. The summed E-state index contributed by atoms with van der Waals surface area (Å²) in [5.41, 5.74) is 10.2. The highest BCUT2D eigenvalue weighted by molar-refractivity contribution is 5.95. The fraction of sp³-hybridized carbons (Fsp3) is 0.308. The number of fused-ring (bicyclic) bond motifs is 1. The zero-order chi connectivity index (χ0) is 22.7. The molecular weight excluding hydrogens is 404 g/mol. The molecule has 0 saturated heterocycles. The Bertz CT molecular complexity index is 1170. The number of methoxy groups -OCH3 is 1. The molecule has 6 heteroatoms. The van der Waals surface area contributed by atoms with Gasteiger partial charge in [0, 0.05) is 17.7 Å².